The molecule has 2 N–H and O–H groups in total. The molecular formula is C16H13N3O2S. The Morgan fingerprint density at radius 3 is 2.55 bits per heavy atom. The van der Waals surface area contributed by atoms with Crippen LogP contribution in [0.5, 0.6) is 0 Å². The van der Waals surface area contributed by atoms with E-state index in [1.807, 2.05) is 30.3 Å². The zero-order chi connectivity index (χ0) is 15.5. The lowest BCUT2D eigenvalue weighted by atomic mass is 10.2. The fourth-order valence-electron chi connectivity index (χ4n) is 2.02. The molecule has 3 aromatic rings. The van der Waals surface area contributed by atoms with Crippen LogP contribution in [0.3, 0.4) is 0 Å². The second-order valence-corrected chi connectivity index (χ2v) is 5.73. The fraction of sp³-hybridized carbons (Fsp3) is 0.0625. The number of aromatic nitrogens is 1. The van der Waals surface area contributed by atoms with E-state index in [9.17, 15) is 9.59 Å². The number of anilines is 2. The number of carbonyl (C=O) groups excluding carboxylic acids is 2. The molecule has 1 heterocycles. The van der Waals surface area contributed by atoms with Crippen LogP contribution < -0.4 is 10.6 Å². The van der Waals surface area contributed by atoms with E-state index < -0.39 is 0 Å². The Balaban J connectivity index is 1.83. The van der Waals surface area contributed by atoms with Crippen LogP contribution in [0.4, 0.5) is 10.8 Å². The third-order valence-corrected chi connectivity index (χ3v) is 3.90. The molecule has 3 rings (SSSR count). The van der Waals surface area contributed by atoms with E-state index in [1.54, 1.807) is 18.2 Å². The summed E-state index contributed by atoms with van der Waals surface area (Å²) in [5.74, 6) is -0.316. The molecule has 0 atom stereocenters. The molecule has 1 aromatic heterocycles. The van der Waals surface area contributed by atoms with Gasteiger partial charge < -0.3 is 5.32 Å². The third-order valence-electron chi connectivity index (χ3n) is 2.97. The maximum atomic E-state index is 12.1. The summed E-state index contributed by atoms with van der Waals surface area (Å²) >= 11 is 1.37. The minimum Gasteiger partial charge on any atom is -0.326 e. The van der Waals surface area contributed by atoms with Gasteiger partial charge in [-0.15, -0.1) is 0 Å². The van der Waals surface area contributed by atoms with Gasteiger partial charge in [-0.2, -0.15) is 0 Å². The van der Waals surface area contributed by atoms with E-state index in [1.165, 1.54) is 18.3 Å². The summed E-state index contributed by atoms with van der Waals surface area (Å²) in [5, 5.41) is 6.05. The quantitative estimate of drug-likeness (QED) is 0.777. The van der Waals surface area contributed by atoms with Gasteiger partial charge in [0.05, 0.1) is 10.2 Å². The number of hydrogen-bond acceptors (Lipinski definition) is 4. The average Bonchev–Trinajstić information content (AvgIpc) is 2.89. The Hall–Kier alpha value is -2.73. The van der Waals surface area contributed by atoms with Gasteiger partial charge in [-0.1, -0.05) is 29.5 Å². The van der Waals surface area contributed by atoms with Gasteiger partial charge in [0, 0.05) is 18.2 Å². The van der Waals surface area contributed by atoms with Crippen molar-refractivity contribution in [2.24, 2.45) is 0 Å². The van der Waals surface area contributed by atoms with E-state index >= 15 is 0 Å². The van der Waals surface area contributed by atoms with Crippen LogP contribution in [0.25, 0.3) is 10.2 Å². The van der Waals surface area contributed by atoms with Gasteiger partial charge in [0.15, 0.2) is 5.13 Å². The second-order valence-electron chi connectivity index (χ2n) is 4.70. The molecule has 0 radical (unpaired) electrons. The van der Waals surface area contributed by atoms with E-state index in [0.29, 0.717) is 16.4 Å². The molecule has 22 heavy (non-hydrogen) atoms. The highest BCUT2D eigenvalue weighted by molar-refractivity contribution is 7.22. The molecule has 0 fully saturated rings. The lowest BCUT2D eigenvalue weighted by Gasteiger charge is -2.00. The largest absolute Gasteiger partial charge is 0.326 e. The van der Waals surface area contributed by atoms with Gasteiger partial charge >= 0.3 is 0 Å². The molecule has 0 saturated heterocycles. The average molecular weight is 311 g/mol. The first kappa shape index (κ1) is 14.2. The predicted octanol–water partition coefficient (Wildman–Crippen LogP) is 3.51. The Morgan fingerprint density at radius 1 is 1.05 bits per heavy atom. The summed E-state index contributed by atoms with van der Waals surface area (Å²) in [4.78, 5) is 27.6. The van der Waals surface area contributed by atoms with Crippen molar-refractivity contribution in [3.63, 3.8) is 0 Å². The molecule has 0 saturated carbocycles. The highest BCUT2D eigenvalue weighted by Gasteiger charge is 2.10. The summed E-state index contributed by atoms with van der Waals surface area (Å²) in [7, 11) is 0. The Labute approximate surface area is 131 Å². The maximum absolute atomic E-state index is 12.1. The SMILES string of the molecule is CC(=O)Nc1ccc2nc(NC(=O)c3ccccc3)sc2c1. The molecule has 0 aliphatic heterocycles. The van der Waals surface area contributed by atoms with Crippen LogP contribution in [0.1, 0.15) is 17.3 Å². The van der Waals surface area contributed by atoms with Crippen molar-refractivity contribution >= 4 is 44.2 Å². The highest BCUT2D eigenvalue weighted by atomic mass is 32.1. The number of rotatable bonds is 3. The summed E-state index contributed by atoms with van der Waals surface area (Å²) in [6.07, 6.45) is 0. The van der Waals surface area contributed by atoms with Crippen molar-refractivity contribution in [3.8, 4) is 0 Å². The smallest absolute Gasteiger partial charge is 0.257 e. The number of hydrogen-bond donors (Lipinski definition) is 2. The first-order valence-electron chi connectivity index (χ1n) is 6.66. The highest BCUT2D eigenvalue weighted by Crippen LogP contribution is 2.28. The topological polar surface area (TPSA) is 71.1 Å². The zero-order valence-electron chi connectivity index (χ0n) is 11.8. The lowest BCUT2D eigenvalue weighted by Crippen LogP contribution is -2.11. The first-order chi connectivity index (χ1) is 10.6. The van der Waals surface area contributed by atoms with E-state index in [0.717, 1.165) is 10.2 Å². The van der Waals surface area contributed by atoms with Crippen LogP contribution in [0.15, 0.2) is 48.5 Å². The summed E-state index contributed by atoms with van der Waals surface area (Å²) in [6.45, 7) is 1.46. The molecule has 0 aliphatic carbocycles. The van der Waals surface area contributed by atoms with Gasteiger partial charge in [-0.25, -0.2) is 4.98 Å². The maximum Gasteiger partial charge on any atom is 0.257 e. The van der Waals surface area contributed by atoms with Crippen LogP contribution in [-0.2, 0) is 4.79 Å². The Kier molecular flexibility index (Phi) is 3.84. The van der Waals surface area contributed by atoms with Crippen molar-refractivity contribution in [1.82, 2.24) is 4.98 Å². The Bertz CT molecular complexity index is 843. The standard InChI is InChI=1S/C16H13N3O2S/c1-10(20)17-12-7-8-13-14(9-12)22-16(18-13)19-15(21)11-5-3-2-4-6-11/h2-9H,1H3,(H,17,20)(H,18,19,21). The van der Waals surface area contributed by atoms with Gasteiger partial charge in [-0.05, 0) is 30.3 Å². The molecule has 0 spiro atoms. The number of thiazole rings is 1. The lowest BCUT2D eigenvalue weighted by molar-refractivity contribution is -0.114. The van der Waals surface area contributed by atoms with Crippen LogP contribution in [0, 0.1) is 0 Å². The van der Waals surface area contributed by atoms with Gasteiger partial charge in [0.2, 0.25) is 5.91 Å². The molecule has 2 amide bonds. The van der Waals surface area contributed by atoms with Crippen LogP contribution >= 0.6 is 11.3 Å². The second kappa shape index (κ2) is 5.95. The molecule has 5 nitrogen and oxygen atoms in total. The van der Waals surface area contributed by atoms with E-state index in [-0.39, 0.29) is 11.8 Å². The summed E-state index contributed by atoms with van der Waals surface area (Å²) < 4.78 is 0.898. The summed E-state index contributed by atoms with van der Waals surface area (Å²) in [5.41, 5.74) is 2.08. The minimum absolute atomic E-state index is 0.124. The normalized spacial score (nSPS) is 10.4. The summed E-state index contributed by atoms with van der Waals surface area (Å²) in [6, 6.07) is 14.4. The molecular weight excluding hydrogens is 298 g/mol. The number of fused-ring (bicyclic) bond motifs is 1. The molecule has 0 unspecified atom stereocenters. The van der Waals surface area contributed by atoms with Crippen LogP contribution in [-0.4, -0.2) is 16.8 Å². The third kappa shape index (κ3) is 3.12. The van der Waals surface area contributed by atoms with Gasteiger partial charge in [0.25, 0.3) is 5.91 Å². The molecule has 0 aliphatic rings. The van der Waals surface area contributed by atoms with E-state index in [4.69, 9.17) is 0 Å². The number of nitrogens with one attached hydrogen (secondary N) is 2. The predicted molar refractivity (Wildman–Crippen MR) is 88.3 cm³/mol. The van der Waals surface area contributed by atoms with Crippen molar-refractivity contribution < 1.29 is 9.59 Å². The van der Waals surface area contributed by atoms with Gasteiger partial charge in [0.1, 0.15) is 0 Å². The van der Waals surface area contributed by atoms with Crippen LogP contribution in [0.2, 0.25) is 0 Å². The number of amides is 2. The molecule has 2 aromatic carbocycles. The zero-order valence-corrected chi connectivity index (χ0v) is 12.6. The minimum atomic E-state index is -0.193. The van der Waals surface area contributed by atoms with Crippen molar-refractivity contribution in [2.75, 3.05) is 10.6 Å². The first-order valence-corrected chi connectivity index (χ1v) is 7.48. The monoisotopic (exact) mass is 311 g/mol. The number of benzene rings is 2. The number of carbonyl (C=O) groups is 2. The van der Waals surface area contributed by atoms with Crippen molar-refractivity contribution in [3.05, 3.63) is 54.1 Å². The van der Waals surface area contributed by atoms with Gasteiger partial charge in [-0.3, -0.25) is 14.9 Å². The van der Waals surface area contributed by atoms with Crippen molar-refractivity contribution in [1.29, 1.82) is 0 Å². The fourth-order valence-corrected chi connectivity index (χ4v) is 2.92. The molecule has 110 valence electrons. The molecule has 0 bridgehead atoms. The van der Waals surface area contributed by atoms with Crippen molar-refractivity contribution in [2.45, 2.75) is 6.92 Å². The Morgan fingerprint density at radius 2 is 1.82 bits per heavy atom. The number of nitrogens with zero attached hydrogens (tertiary/aromatic N) is 1. The van der Waals surface area contributed by atoms with E-state index in [2.05, 4.69) is 15.6 Å². The molecule has 6 heteroatoms.